The second-order valence-electron chi connectivity index (χ2n) is 12.6. The Bertz CT molecular complexity index is 903. The molecule has 10 heteroatoms. The molecule has 202 valence electrons. The number of aliphatic hydroxyl groups excluding tert-OH is 3. The zero-order valence-electron chi connectivity index (χ0n) is 22.4. The summed E-state index contributed by atoms with van der Waals surface area (Å²) >= 11 is 0. The van der Waals surface area contributed by atoms with Gasteiger partial charge in [0.15, 0.2) is 0 Å². The molecule has 4 fully saturated rings. The van der Waals surface area contributed by atoms with E-state index >= 15 is 0 Å². The summed E-state index contributed by atoms with van der Waals surface area (Å²) in [7, 11) is -4.34. The second kappa shape index (κ2) is 11.4. The topological polar surface area (TPSA) is 147 Å². The van der Waals surface area contributed by atoms with Crippen LogP contribution in [0.25, 0.3) is 0 Å². The molecule has 0 aromatic heterocycles. The van der Waals surface area contributed by atoms with Crippen LogP contribution in [0.4, 0.5) is 0 Å². The van der Waals surface area contributed by atoms with Crippen LogP contribution in [0.5, 0.6) is 0 Å². The van der Waals surface area contributed by atoms with Crippen LogP contribution < -0.4 is 34.9 Å². The number of carbonyl (C=O) groups excluding carboxylic acids is 1. The molecule has 4 N–H and O–H groups in total. The Kier molecular flexibility index (Phi) is 9.75. The van der Waals surface area contributed by atoms with Gasteiger partial charge in [0.2, 0.25) is 5.91 Å². The van der Waals surface area contributed by atoms with Gasteiger partial charge in [0.1, 0.15) is 0 Å². The first-order valence-corrected chi connectivity index (χ1v) is 15.1. The summed E-state index contributed by atoms with van der Waals surface area (Å²) in [6.45, 7) is 6.43. The standard InChI is InChI=1S/C26H45NO7S.Na/c1-15(4-9-24(31)27-10-11-35(32,33)34)19-7-8-20-18-6-5-16-12-17(28)13-22(29)25(16,2)21(18)14-23(30)26(19,20)3;/h15-23,28-30H,4-14H2,1-3H3,(H,27,31)(H,32,33,34);/q;+1/p-1. The SMILES string of the molecule is CC(CCC(=O)NCCS(=O)(=O)[O-])C1CCC2C3CCC4CC(O)CC(O)C4(C)C3CC(O)C12C.[Na+]. The summed E-state index contributed by atoms with van der Waals surface area (Å²) in [6.07, 6.45) is 5.53. The van der Waals surface area contributed by atoms with Gasteiger partial charge in [-0.1, -0.05) is 20.8 Å². The zero-order valence-corrected chi connectivity index (χ0v) is 25.2. The Morgan fingerprint density at radius 1 is 1.00 bits per heavy atom. The van der Waals surface area contributed by atoms with E-state index in [1.807, 2.05) is 0 Å². The van der Waals surface area contributed by atoms with Gasteiger partial charge >= 0.3 is 29.6 Å². The summed E-state index contributed by atoms with van der Waals surface area (Å²) in [5.41, 5.74) is -0.486. The maximum absolute atomic E-state index is 12.2. The Hall–Kier alpha value is 0.260. The first-order chi connectivity index (χ1) is 16.3. The molecule has 0 aliphatic heterocycles. The Balaban J connectivity index is 0.00000361. The maximum Gasteiger partial charge on any atom is 1.00 e. The van der Waals surface area contributed by atoms with Gasteiger partial charge in [-0.3, -0.25) is 4.79 Å². The fraction of sp³-hybridized carbons (Fsp3) is 0.962. The Labute approximate surface area is 238 Å². The van der Waals surface area contributed by atoms with Crippen molar-refractivity contribution in [2.45, 2.75) is 96.9 Å². The number of amides is 1. The van der Waals surface area contributed by atoms with Crippen molar-refractivity contribution in [3.8, 4) is 0 Å². The van der Waals surface area contributed by atoms with Crippen molar-refractivity contribution in [1.82, 2.24) is 5.32 Å². The van der Waals surface area contributed by atoms with Gasteiger partial charge in [-0.2, -0.15) is 0 Å². The molecule has 36 heavy (non-hydrogen) atoms. The fourth-order valence-electron chi connectivity index (χ4n) is 9.19. The number of hydrogen-bond acceptors (Lipinski definition) is 7. The van der Waals surface area contributed by atoms with Crippen molar-refractivity contribution < 1.29 is 62.6 Å². The van der Waals surface area contributed by atoms with E-state index in [1.54, 1.807) is 0 Å². The zero-order chi connectivity index (χ0) is 25.8. The number of aliphatic hydroxyl groups is 3. The summed E-state index contributed by atoms with van der Waals surface area (Å²) < 4.78 is 32.2. The first kappa shape index (κ1) is 30.8. The molecular weight excluding hydrogens is 493 g/mol. The predicted octanol–water partition coefficient (Wildman–Crippen LogP) is -0.970. The smallest absolute Gasteiger partial charge is 0.748 e. The van der Waals surface area contributed by atoms with Gasteiger partial charge in [0.05, 0.1) is 34.2 Å². The molecule has 0 aromatic carbocycles. The number of carbonyl (C=O) groups is 1. The van der Waals surface area contributed by atoms with E-state index in [9.17, 15) is 33.1 Å². The largest absolute Gasteiger partial charge is 1.00 e. The monoisotopic (exact) mass is 537 g/mol. The van der Waals surface area contributed by atoms with Crippen LogP contribution in [0.15, 0.2) is 0 Å². The molecule has 11 unspecified atom stereocenters. The third-order valence-corrected chi connectivity index (χ3v) is 11.8. The van der Waals surface area contributed by atoms with Crippen molar-refractivity contribution in [3.05, 3.63) is 0 Å². The van der Waals surface area contributed by atoms with Crippen LogP contribution in [-0.2, 0) is 14.9 Å². The minimum absolute atomic E-state index is 0. The van der Waals surface area contributed by atoms with Gasteiger partial charge < -0.3 is 25.2 Å². The molecule has 0 bridgehead atoms. The van der Waals surface area contributed by atoms with Crippen molar-refractivity contribution in [2.24, 2.45) is 46.3 Å². The van der Waals surface area contributed by atoms with Gasteiger partial charge in [0, 0.05) is 13.0 Å². The van der Waals surface area contributed by atoms with Crippen LogP contribution in [0, 0.1) is 46.3 Å². The average molecular weight is 538 g/mol. The normalized spacial score (nSPS) is 45.0. The van der Waals surface area contributed by atoms with E-state index in [2.05, 4.69) is 26.1 Å². The molecular formula is C26H44NNaO7S. The summed E-state index contributed by atoms with van der Waals surface area (Å²) in [6, 6.07) is 0. The fourth-order valence-corrected chi connectivity index (χ4v) is 9.54. The third kappa shape index (κ3) is 5.60. The number of hydrogen-bond donors (Lipinski definition) is 4. The maximum atomic E-state index is 12.2. The third-order valence-electron chi connectivity index (χ3n) is 11.1. The van der Waals surface area contributed by atoms with Crippen molar-refractivity contribution >= 4 is 16.0 Å². The molecule has 0 heterocycles. The minimum atomic E-state index is -4.34. The minimum Gasteiger partial charge on any atom is -0.748 e. The van der Waals surface area contributed by atoms with Crippen molar-refractivity contribution in [3.63, 3.8) is 0 Å². The van der Waals surface area contributed by atoms with Crippen molar-refractivity contribution in [2.75, 3.05) is 12.3 Å². The molecule has 4 aliphatic rings. The van der Waals surface area contributed by atoms with E-state index in [-0.39, 0.29) is 71.1 Å². The van der Waals surface area contributed by atoms with Crippen LogP contribution in [0.1, 0.15) is 78.6 Å². The molecule has 11 atom stereocenters. The van der Waals surface area contributed by atoms with E-state index < -0.39 is 34.2 Å². The van der Waals surface area contributed by atoms with Gasteiger partial charge in [-0.15, -0.1) is 0 Å². The Morgan fingerprint density at radius 2 is 1.67 bits per heavy atom. The summed E-state index contributed by atoms with van der Waals surface area (Å²) in [4.78, 5) is 12.2. The van der Waals surface area contributed by atoms with E-state index in [0.717, 1.165) is 32.1 Å². The molecule has 1 amide bonds. The van der Waals surface area contributed by atoms with Crippen LogP contribution >= 0.6 is 0 Å². The Morgan fingerprint density at radius 3 is 2.33 bits per heavy atom. The number of rotatable bonds is 7. The van der Waals surface area contributed by atoms with Crippen molar-refractivity contribution in [1.29, 1.82) is 0 Å². The van der Waals surface area contributed by atoms with Gasteiger partial charge in [-0.25, -0.2) is 8.42 Å². The first-order valence-electron chi connectivity index (χ1n) is 13.5. The molecule has 4 aliphatic carbocycles. The summed E-state index contributed by atoms with van der Waals surface area (Å²) in [5.74, 6) is 1.08. The molecule has 0 aromatic rings. The van der Waals surface area contributed by atoms with E-state index in [0.29, 0.717) is 42.9 Å². The molecule has 0 spiro atoms. The average Bonchev–Trinajstić information content (AvgIpc) is 3.12. The summed E-state index contributed by atoms with van der Waals surface area (Å²) in [5, 5.41) is 35.5. The molecule has 0 radical (unpaired) electrons. The second-order valence-corrected chi connectivity index (χ2v) is 14.1. The van der Waals surface area contributed by atoms with Gasteiger partial charge in [-0.05, 0) is 97.7 Å². The van der Waals surface area contributed by atoms with E-state index in [1.165, 1.54) is 0 Å². The molecule has 8 nitrogen and oxygen atoms in total. The van der Waals surface area contributed by atoms with Crippen LogP contribution in [-0.4, -0.2) is 64.8 Å². The van der Waals surface area contributed by atoms with Crippen LogP contribution in [0.3, 0.4) is 0 Å². The number of nitrogens with one attached hydrogen (secondary N) is 1. The van der Waals surface area contributed by atoms with E-state index in [4.69, 9.17) is 0 Å². The molecule has 4 saturated carbocycles. The van der Waals surface area contributed by atoms with Gasteiger partial charge in [0.25, 0.3) is 0 Å². The molecule has 0 saturated heterocycles. The van der Waals surface area contributed by atoms with Crippen LogP contribution in [0.2, 0.25) is 0 Å². The molecule has 4 rings (SSSR count). The quantitative estimate of drug-likeness (QED) is 0.241. The predicted molar refractivity (Wildman–Crippen MR) is 130 cm³/mol. The number of fused-ring (bicyclic) bond motifs is 5.